The predicted octanol–water partition coefficient (Wildman–Crippen LogP) is 4.59. The lowest BCUT2D eigenvalue weighted by molar-refractivity contribution is 0.0600. The number of ether oxygens (including phenoxy) is 2. The van der Waals surface area contributed by atoms with E-state index in [0.29, 0.717) is 29.7 Å². The Morgan fingerprint density at radius 2 is 1.77 bits per heavy atom. The first-order chi connectivity index (χ1) is 19.6. The number of hydrogen-bond donors (Lipinski definition) is 1. The molecule has 8 heteroatoms. The summed E-state index contributed by atoms with van der Waals surface area (Å²) in [7, 11) is 3.08. The molecule has 1 fully saturated rings. The molecule has 208 valence electrons. The van der Waals surface area contributed by atoms with Crippen molar-refractivity contribution in [1.29, 1.82) is 0 Å². The standard InChI is InChI=1S/C32H37N5O3/c1-39-30-20-25(22-36-17-12-28(13-18-36)33-14-10-24-6-4-3-5-7-24)8-9-27(30)23-37-19-16-35-31(37)29-21-26(11-15-34-29)32(38)40-2/h3-9,11,15-16,19-21,28,33H,10,12-14,17-18,22-23H2,1-2H3. The Bertz CT molecular complexity index is 1400. The quantitative estimate of drug-likeness (QED) is 0.279. The van der Waals surface area contributed by atoms with Crippen LogP contribution >= 0.6 is 0 Å². The second-order valence-electron chi connectivity index (χ2n) is 10.2. The molecule has 1 aliphatic heterocycles. The van der Waals surface area contributed by atoms with E-state index in [1.807, 2.05) is 10.8 Å². The Hall–Kier alpha value is -4.01. The lowest BCUT2D eigenvalue weighted by atomic mass is 10.0. The molecule has 0 amide bonds. The van der Waals surface area contributed by atoms with Crippen molar-refractivity contribution in [3.8, 4) is 17.3 Å². The van der Waals surface area contributed by atoms with Crippen molar-refractivity contribution in [2.45, 2.75) is 38.4 Å². The van der Waals surface area contributed by atoms with Crippen molar-refractivity contribution in [2.75, 3.05) is 33.9 Å². The highest BCUT2D eigenvalue weighted by atomic mass is 16.5. The second-order valence-corrected chi connectivity index (χ2v) is 10.2. The van der Waals surface area contributed by atoms with Gasteiger partial charge in [0.1, 0.15) is 11.4 Å². The highest BCUT2D eigenvalue weighted by molar-refractivity contribution is 5.90. The van der Waals surface area contributed by atoms with Crippen LogP contribution in [0.3, 0.4) is 0 Å². The largest absolute Gasteiger partial charge is 0.496 e. The van der Waals surface area contributed by atoms with E-state index >= 15 is 0 Å². The minimum absolute atomic E-state index is 0.400. The molecule has 0 aliphatic carbocycles. The summed E-state index contributed by atoms with van der Waals surface area (Å²) < 4.78 is 12.7. The second kappa shape index (κ2) is 13.4. The molecular weight excluding hydrogens is 502 g/mol. The zero-order chi connectivity index (χ0) is 27.7. The maximum atomic E-state index is 12.0. The number of benzene rings is 2. The fourth-order valence-electron chi connectivity index (χ4n) is 5.29. The monoisotopic (exact) mass is 539 g/mol. The zero-order valence-corrected chi connectivity index (χ0v) is 23.3. The molecule has 4 aromatic rings. The van der Waals surface area contributed by atoms with E-state index in [2.05, 4.69) is 68.7 Å². The topological polar surface area (TPSA) is 81.5 Å². The highest BCUT2D eigenvalue weighted by Gasteiger charge is 2.19. The van der Waals surface area contributed by atoms with Crippen LogP contribution in [0.2, 0.25) is 0 Å². The molecule has 8 nitrogen and oxygen atoms in total. The lowest BCUT2D eigenvalue weighted by Crippen LogP contribution is -2.42. The number of carbonyl (C=O) groups is 1. The summed E-state index contributed by atoms with van der Waals surface area (Å²) >= 11 is 0. The van der Waals surface area contributed by atoms with E-state index in [1.165, 1.54) is 31.1 Å². The molecule has 5 rings (SSSR count). The lowest BCUT2D eigenvalue weighted by Gasteiger charge is -2.32. The van der Waals surface area contributed by atoms with Gasteiger partial charge in [-0.25, -0.2) is 9.78 Å². The SMILES string of the molecule is COC(=O)c1ccnc(-c2nccn2Cc2ccc(CN3CCC(NCCc4ccccc4)CC3)cc2OC)c1. The number of nitrogens with one attached hydrogen (secondary N) is 1. The van der Waals surface area contributed by atoms with Crippen molar-refractivity contribution in [3.63, 3.8) is 0 Å². The van der Waals surface area contributed by atoms with Gasteiger partial charge in [0.15, 0.2) is 5.82 Å². The Morgan fingerprint density at radius 3 is 2.55 bits per heavy atom. The average molecular weight is 540 g/mol. The van der Waals surface area contributed by atoms with Crippen LogP contribution in [-0.2, 0) is 24.2 Å². The van der Waals surface area contributed by atoms with Gasteiger partial charge in [-0.2, -0.15) is 0 Å². The molecule has 0 bridgehead atoms. The van der Waals surface area contributed by atoms with Gasteiger partial charge in [0.05, 0.1) is 26.3 Å². The number of pyridine rings is 1. The molecule has 3 heterocycles. The molecule has 0 radical (unpaired) electrons. The summed E-state index contributed by atoms with van der Waals surface area (Å²) in [6.07, 6.45) is 8.65. The van der Waals surface area contributed by atoms with E-state index < -0.39 is 5.97 Å². The van der Waals surface area contributed by atoms with Gasteiger partial charge < -0.3 is 19.4 Å². The minimum Gasteiger partial charge on any atom is -0.496 e. The van der Waals surface area contributed by atoms with Gasteiger partial charge in [-0.05, 0) is 68.2 Å². The van der Waals surface area contributed by atoms with Crippen molar-refractivity contribution in [1.82, 2.24) is 24.8 Å². The number of hydrogen-bond acceptors (Lipinski definition) is 7. The molecule has 2 aromatic heterocycles. The molecule has 0 unspecified atom stereocenters. The molecule has 2 aromatic carbocycles. The Kier molecular flexibility index (Phi) is 9.21. The molecule has 1 N–H and O–H groups in total. The summed E-state index contributed by atoms with van der Waals surface area (Å²) in [6, 6.07) is 21.1. The smallest absolute Gasteiger partial charge is 0.337 e. The first-order valence-corrected chi connectivity index (χ1v) is 13.8. The van der Waals surface area contributed by atoms with Crippen molar-refractivity contribution >= 4 is 5.97 Å². The first-order valence-electron chi connectivity index (χ1n) is 13.8. The fourth-order valence-corrected chi connectivity index (χ4v) is 5.29. The van der Waals surface area contributed by atoms with E-state index in [9.17, 15) is 4.79 Å². The Morgan fingerprint density at radius 1 is 0.950 bits per heavy atom. The molecular formula is C32H37N5O3. The van der Waals surface area contributed by atoms with Gasteiger partial charge in [0, 0.05) is 36.7 Å². The van der Waals surface area contributed by atoms with Gasteiger partial charge in [-0.15, -0.1) is 0 Å². The Labute approximate surface area is 236 Å². The summed E-state index contributed by atoms with van der Waals surface area (Å²) in [5.74, 6) is 1.13. The molecule has 0 saturated carbocycles. The fraction of sp³-hybridized carbons (Fsp3) is 0.344. The number of nitrogens with zero attached hydrogens (tertiary/aromatic N) is 4. The number of esters is 1. The van der Waals surface area contributed by atoms with Gasteiger partial charge >= 0.3 is 5.97 Å². The van der Waals surface area contributed by atoms with Crippen molar-refractivity contribution in [3.05, 3.63) is 102 Å². The minimum atomic E-state index is -0.400. The van der Waals surface area contributed by atoms with Gasteiger partial charge in [-0.1, -0.05) is 42.5 Å². The predicted molar refractivity (Wildman–Crippen MR) is 155 cm³/mol. The van der Waals surface area contributed by atoms with Crippen LogP contribution in [0, 0.1) is 0 Å². The van der Waals surface area contributed by atoms with Crippen LogP contribution in [-0.4, -0.2) is 65.3 Å². The van der Waals surface area contributed by atoms with Crippen LogP contribution < -0.4 is 10.1 Å². The van der Waals surface area contributed by atoms with Crippen LogP contribution in [0.15, 0.2) is 79.3 Å². The molecule has 1 saturated heterocycles. The number of piperidine rings is 1. The maximum absolute atomic E-state index is 12.0. The number of likely N-dealkylation sites (tertiary alicyclic amines) is 1. The summed E-state index contributed by atoms with van der Waals surface area (Å²) in [4.78, 5) is 23.4. The third-order valence-corrected chi connectivity index (χ3v) is 7.50. The number of carbonyl (C=O) groups excluding carboxylic acids is 1. The van der Waals surface area contributed by atoms with Crippen LogP contribution in [0.5, 0.6) is 5.75 Å². The number of aromatic nitrogens is 3. The van der Waals surface area contributed by atoms with Gasteiger partial charge in [0.25, 0.3) is 0 Å². The molecule has 0 spiro atoms. The number of rotatable bonds is 11. The van der Waals surface area contributed by atoms with Gasteiger partial charge in [-0.3, -0.25) is 9.88 Å². The van der Waals surface area contributed by atoms with Crippen LogP contribution in [0.1, 0.15) is 39.9 Å². The molecule has 0 atom stereocenters. The van der Waals surface area contributed by atoms with E-state index in [0.717, 1.165) is 43.9 Å². The van der Waals surface area contributed by atoms with E-state index in [4.69, 9.17) is 9.47 Å². The van der Waals surface area contributed by atoms with Gasteiger partial charge in [0.2, 0.25) is 0 Å². The zero-order valence-electron chi connectivity index (χ0n) is 23.3. The van der Waals surface area contributed by atoms with Crippen LogP contribution in [0.25, 0.3) is 11.5 Å². The molecule has 40 heavy (non-hydrogen) atoms. The van der Waals surface area contributed by atoms with Crippen molar-refractivity contribution < 1.29 is 14.3 Å². The van der Waals surface area contributed by atoms with Crippen LogP contribution in [0.4, 0.5) is 0 Å². The average Bonchev–Trinajstić information content (AvgIpc) is 3.47. The van der Waals surface area contributed by atoms with E-state index in [1.54, 1.807) is 31.6 Å². The molecule has 1 aliphatic rings. The third-order valence-electron chi connectivity index (χ3n) is 7.50. The summed E-state index contributed by atoms with van der Waals surface area (Å²) in [5.41, 5.74) is 4.74. The third kappa shape index (κ3) is 6.94. The number of methoxy groups -OCH3 is 2. The highest BCUT2D eigenvalue weighted by Crippen LogP contribution is 2.25. The Balaban J connectivity index is 1.17. The summed E-state index contributed by atoms with van der Waals surface area (Å²) in [5, 5.41) is 3.75. The number of imidazole rings is 1. The maximum Gasteiger partial charge on any atom is 0.337 e. The summed E-state index contributed by atoms with van der Waals surface area (Å²) in [6.45, 7) is 4.68. The van der Waals surface area contributed by atoms with E-state index in [-0.39, 0.29) is 0 Å². The first kappa shape index (κ1) is 27.6. The normalized spacial score (nSPS) is 14.2. The van der Waals surface area contributed by atoms with Crippen molar-refractivity contribution in [2.24, 2.45) is 0 Å².